The van der Waals surface area contributed by atoms with Gasteiger partial charge in [0, 0.05) is 18.0 Å². The smallest absolute Gasteiger partial charge is 0.257 e. The third-order valence-electron chi connectivity index (χ3n) is 6.62. The van der Waals surface area contributed by atoms with Crippen LogP contribution in [0.2, 0.25) is 0 Å². The fourth-order valence-electron chi connectivity index (χ4n) is 4.82. The van der Waals surface area contributed by atoms with E-state index >= 15 is 0 Å². The van der Waals surface area contributed by atoms with Crippen LogP contribution in [0.3, 0.4) is 0 Å². The van der Waals surface area contributed by atoms with Gasteiger partial charge in [-0.1, -0.05) is 68.1 Å². The van der Waals surface area contributed by atoms with Gasteiger partial charge in [-0.2, -0.15) is 5.10 Å². The molecule has 2 aromatic carbocycles. The maximum Gasteiger partial charge on any atom is 0.257 e. The third-order valence-corrected chi connectivity index (χ3v) is 6.62. The second-order valence-electron chi connectivity index (χ2n) is 8.78. The molecule has 1 saturated carbocycles. The molecule has 5 heteroatoms. The Morgan fingerprint density at radius 1 is 1.13 bits per heavy atom. The van der Waals surface area contributed by atoms with E-state index in [9.17, 15) is 9.18 Å². The lowest BCUT2D eigenvalue weighted by atomic mass is 9.94. The molecule has 1 aliphatic heterocycles. The van der Waals surface area contributed by atoms with E-state index in [1.807, 2.05) is 6.07 Å². The van der Waals surface area contributed by atoms with E-state index in [0.29, 0.717) is 19.0 Å². The van der Waals surface area contributed by atoms with Crippen LogP contribution in [0, 0.1) is 12.7 Å². The molecule has 1 heterocycles. The first-order valence-electron chi connectivity index (χ1n) is 11.5. The van der Waals surface area contributed by atoms with E-state index in [1.54, 1.807) is 11.1 Å². The zero-order valence-corrected chi connectivity index (χ0v) is 18.6. The molecule has 1 aliphatic carbocycles. The van der Waals surface area contributed by atoms with Gasteiger partial charge in [0.15, 0.2) is 0 Å². The maximum absolute atomic E-state index is 13.8. The molecular weight excluding hydrogens is 389 g/mol. The van der Waals surface area contributed by atoms with Gasteiger partial charge in [-0.3, -0.25) is 9.69 Å². The summed E-state index contributed by atoms with van der Waals surface area (Å²) in [7, 11) is 0. The van der Waals surface area contributed by atoms with Crippen molar-refractivity contribution in [2.75, 3.05) is 13.1 Å². The number of aryl methyl sites for hydroxylation is 1. The summed E-state index contributed by atoms with van der Waals surface area (Å²) in [5.74, 6) is -0.268. The van der Waals surface area contributed by atoms with Crippen LogP contribution >= 0.6 is 0 Å². The topological polar surface area (TPSA) is 35.9 Å². The molecule has 0 spiro atoms. The van der Waals surface area contributed by atoms with Gasteiger partial charge in [-0.05, 0) is 44.0 Å². The van der Waals surface area contributed by atoms with Crippen LogP contribution in [0.25, 0.3) is 0 Å². The molecule has 4 rings (SSSR count). The Labute approximate surface area is 184 Å². The molecule has 0 unspecified atom stereocenters. The summed E-state index contributed by atoms with van der Waals surface area (Å²) in [6.07, 6.45) is 6.71. The Kier molecular flexibility index (Phi) is 6.81. The van der Waals surface area contributed by atoms with Crippen LogP contribution in [0.1, 0.15) is 68.2 Å². The molecular formula is C26H32FN3O. The highest BCUT2D eigenvalue weighted by molar-refractivity contribution is 6.03. The van der Waals surface area contributed by atoms with Crippen molar-refractivity contribution in [1.29, 1.82) is 0 Å². The van der Waals surface area contributed by atoms with Crippen LogP contribution in [-0.4, -0.2) is 40.7 Å². The lowest BCUT2D eigenvalue weighted by Crippen LogP contribution is -2.44. The minimum absolute atomic E-state index is 0.0180. The van der Waals surface area contributed by atoms with E-state index < -0.39 is 0 Å². The van der Waals surface area contributed by atoms with Crippen molar-refractivity contribution in [1.82, 2.24) is 9.91 Å². The van der Waals surface area contributed by atoms with Gasteiger partial charge in [-0.15, -0.1) is 0 Å². The summed E-state index contributed by atoms with van der Waals surface area (Å²) in [5, 5.41) is 6.37. The minimum Gasteiger partial charge on any atom is -0.292 e. The Morgan fingerprint density at radius 2 is 1.87 bits per heavy atom. The fourth-order valence-corrected chi connectivity index (χ4v) is 4.82. The van der Waals surface area contributed by atoms with Crippen molar-refractivity contribution in [2.24, 2.45) is 5.10 Å². The molecule has 0 radical (unpaired) electrons. The second-order valence-corrected chi connectivity index (χ2v) is 8.78. The van der Waals surface area contributed by atoms with Crippen LogP contribution in [0.15, 0.2) is 53.6 Å². The predicted molar refractivity (Wildman–Crippen MR) is 122 cm³/mol. The summed E-state index contributed by atoms with van der Waals surface area (Å²) < 4.78 is 13.8. The second kappa shape index (κ2) is 9.73. The Hall–Kier alpha value is -2.53. The average molecular weight is 422 g/mol. The fraction of sp³-hybridized carbons (Fsp3) is 0.462. The van der Waals surface area contributed by atoms with Gasteiger partial charge >= 0.3 is 0 Å². The lowest BCUT2D eigenvalue weighted by Gasteiger charge is -2.34. The standard InChI is InChI=1S/C26H32FN3O/c1-3-29(23-10-5-4-6-11-23)18-26(31)30-25(20-14-12-19(2)13-15-20)17-24(28-30)21-8-7-9-22(27)16-21/h7-9,12-16,23,25H,3-6,10-11,17-18H2,1-2H3/t25-/m0/s1. The number of hydrogen-bond donors (Lipinski definition) is 0. The number of hydrogen-bond acceptors (Lipinski definition) is 3. The monoisotopic (exact) mass is 421 g/mol. The lowest BCUT2D eigenvalue weighted by molar-refractivity contribution is -0.135. The number of hydrazone groups is 1. The Bertz CT molecular complexity index is 934. The number of carbonyl (C=O) groups is 1. The van der Waals surface area contributed by atoms with E-state index in [4.69, 9.17) is 5.10 Å². The van der Waals surface area contributed by atoms with Gasteiger partial charge in [-0.25, -0.2) is 9.40 Å². The van der Waals surface area contributed by atoms with Gasteiger partial charge in [0.05, 0.1) is 18.3 Å². The first-order chi connectivity index (χ1) is 15.0. The first-order valence-corrected chi connectivity index (χ1v) is 11.5. The van der Waals surface area contributed by atoms with Crippen molar-refractivity contribution < 1.29 is 9.18 Å². The maximum atomic E-state index is 13.8. The summed E-state index contributed by atoms with van der Waals surface area (Å²) in [6, 6.07) is 15.1. The third kappa shape index (κ3) is 5.04. The van der Waals surface area contributed by atoms with Crippen molar-refractivity contribution in [3.05, 3.63) is 71.0 Å². The first kappa shape index (κ1) is 21.7. The minimum atomic E-state index is -0.286. The number of benzene rings is 2. The summed E-state index contributed by atoms with van der Waals surface area (Å²) in [6.45, 7) is 5.42. The zero-order chi connectivity index (χ0) is 21.8. The van der Waals surface area contributed by atoms with Gasteiger partial charge in [0.1, 0.15) is 5.82 Å². The number of rotatable bonds is 6. The molecule has 1 fully saturated rings. The van der Waals surface area contributed by atoms with Crippen molar-refractivity contribution >= 4 is 11.6 Å². The molecule has 0 bridgehead atoms. The Balaban J connectivity index is 1.59. The largest absolute Gasteiger partial charge is 0.292 e. The number of amides is 1. The molecule has 2 aliphatic rings. The normalized spacial score (nSPS) is 19.7. The highest BCUT2D eigenvalue weighted by Gasteiger charge is 2.34. The van der Waals surface area contributed by atoms with E-state index in [1.165, 1.54) is 49.8 Å². The summed E-state index contributed by atoms with van der Waals surface area (Å²) in [5.41, 5.74) is 3.75. The number of halogens is 1. The quantitative estimate of drug-likeness (QED) is 0.620. The molecule has 1 atom stereocenters. The number of nitrogens with zero attached hydrogens (tertiary/aromatic N) is 3. The highest BCUT2D eigenvalue weighted by Crippen LogP contribution is 2.33. The summed E-state index contributed by atoms with van der Waals surface area (Å²) in [4.78, 5) is 15.8. The molecule has 164 valence electrons. The van der Waals surface area contributed by atoms with Crippen LogP contribution in [-0.2, 0) is 4.79 Å². The molecule has 1 amide bonds. The van der Waals surface area contributed by atoms with E-state index in [0.717, 1.165) is 23.4 Å². The summed E-state index contributed by atoms with van der Waals surface area (Å²) >= 11 is 0. The van der Waals surface area contributed by atoms with E-state index in [2.05, 4.69) is 43.0 Å². The average Bonchev–Trinajstić information content (AvgIpc) is 3.24. The molecule has 31 heavy (non-hydrogen) atoms. The molecule has 2 aromatic rings. The van der Waals surface area contributed by atoms with Crippen molar-refractivity contribution in [3.63, 3.8) is 0 Å². The zero-order valence-electron chi connectivity index (χ0n) is 18.6. The predicted octanol–water partition coefficient (Wildman–Crippen LogP) is 5.47. The number of likely N-dealkylation sites (N-methyl/N-ethyl adjacent to an activating group) is 1. The SMILES string of the molecule is CCN(CC(=O)N1N=C(c2cccc(F)c2)C[C@H]1c1ccc(C)cc1)C1CCCCC1. The van der Waals surface area contributed by atoms with Gasteiger partial charge in [0.25, 0.3) is 5.91 Å². The molecule has 0 N–H and O–H groups in total. The van der Waals surface area contributed by atoms with Crippen LogP contribution in [0.5, 0.6) is 0 Å². The molecule has 0 saturated heterocycles. The highest BCUT2D eigenvalue weighted by atomic mass is 19.1. The van der Waals surface area contributed by atoms with Crippen molar-refractivity contribution in [3.8, 4) is 0 Å². The molecule has 0 aromatic heterocycles. The van der Waals surface area contributed by atoms with Crippen molar-refractivity contribution in [2.45, 2.75) is 64.5 Å². The number of carbonyl (C=O) groups excluding carboxylic acids is 1. The van der Waals surface area contributed by atoms with Crippen LogP contribution in [0.4, 0.5) is 4.39 Å². The van der Waals surface area contributed by atoms with Gasteiger partial charge < -0.3 is 0 Å². The Morgan fingerprint density at radius 3 is 2.55 bits per heavy atom. The van der Waals surface area contributed by atoms with E-state index in [-0.39, 0.29) is 17.8 Å². The molecule has 4 nitrogen and oxygen atoms in total. The van der Waals surface area contributed by atoms with Gasteiger partial charge in [0.2, 0.25) is 0 Å². The van der Waals surface area contributed by atoms with Crippen LogP contribution < -0.4 is 0 Å².